The van der Waals surface area contributed by atoms with Crippen LogP contribution in [0, 0.1) is 5.92 Å². The molecule has 1 amide bonds. The zero-order valence-corrected chi connectivity index (χ0v) is 16.0. The molecule has 9 nitrogen and oxygen atoms in total. The Bertz CT molecular complexity index is 871. The average molecular weight is 391 g/mol. The van der Waals surface area contributed by atoms with E-state index in [-0.39, 0.29) is 18.3 Å². The van der Waals surface area contributed by atoms with E-state index in [9.17, 15) is 4.79 Å². The van der Waals surface area contributed by atoms with Crippen molar-refractivity contribution < 1.29 is 4.79 Å². The molecule has 0 bridgehead atoms. The molecule has 0 spiro atoms. The summed E-state index contributed by atoms with van der Waals surface area (Å²) in [5.74, 6) is 1.46. The van der Waals surface area contributed by atoms with Crippen LogP contribution in [0.25, 0.3) is 11.4 Å². The van der Waals surface area contributed by atoms with E-state index in [1.54, 1.807) is 23.0 Å². The number of nitrogens with two attached hydrogens (primary N) is 1. The fourth-order valence-electron chi connectivity index (χ4n) is 2.32. The number of hydrogen-bond acceptors (Lipinski definition) is 6. The van der Waals surface area contributed by atoms with Crippen LogP contribution in [0.4, 0.5) is 5.69 Å². The van der Waals surface area contributed by atoms with Gasteiger partial charge in [0.05, 0.1) is 12.7 Å². The van der Waals surface area contributed by atoms with Gasteiger partial charge in [0.25, 0.3) is 5.91 Å². The molecular weight excluding hydrogens is 368 g/mol. The molecule has 4 N–H and O–H groups in total. The lowest BCUT2D eigenvalue weighted by atomic mass is 10.1. The van der Waals surface area contributed by atoms with Gasteiger partial charge in [-0.15, -0.1) is 17.5 Å². The number of H-pyrrole nitrogens is 1. The van der Waals surface area contributed by atoms with Crippen LogP contribution in [0.2, 0.25) is 0 Å². The summed E-state index contributed by atoms with van der Waals surface area (Å²) in [5, 5.41) is 17.6. The number of nitrogens with zero attached hydrogens (tertiary/aromatic N) is 5. The largest absolute Gasteiger partial charge is 0.324 e. The maximum absolute atomic E-state index is 12.3. The lowest BCUT2D eigenvalue weighted by Gasteiger charge is -2.04. The van der Waals surface area contributed by atoms with E-state index in [1.165, 1.54) is 0 Å². The molecule has 0 radical (unpaired) electrons. The highest BCUT2D eigenvalue weighted by Crippen LogP contribution is 2.18. The summed E-state index contributed by atoms with van der Waals surface area (Å²) in [6, 6.07) is 7.24. The van der Waals surface area contributed by atoms with Crippen molar-refractivity contribution in [3.05, 3.63) is 42.0 Å². The molecule has 2 heterocycles. The highest BCUT2D eigenvalue weighted by molar-refractivity contribution is 6.02. The SMILES string of the molecule is CC(C)CCn1cc(C(=O)Nc2ccc(-c3n[nH]c(CN)n3)cc2)nn1.Cl. The maximum Gasteiger partial charge on any atom is 0.277 e. The predicted molar refractivity (Wildman–Crippen MR) is 104 cm³/mol. The minimum Gasteiger partial charge on any atom is -0.324 e. The van der Waals surface area contributed by atoms with Gasteiger partial charge in [0, 0.05) is 17.8 Å². The zero-order valence-electron chi connectivity index (χ0n) is 15.2. The van der Waals surface area contributed by atoms with Gasteiger partial charge in [-0.05, 0) is 36.6 Å². The first-order valence-corrected chi connectivity index (χ1v) is 8.48. The van der Waals surface area contributed by atoms with Gasteiger partial charge in [-0.1, -0.05) is 19.1 Å². The average Bonchev–Trinajstić information content (AvgIpc) is 3.30. The first-order valence-electron chi connectivity index (χ1n) is 8.48. The van der Waals surface area contributed by atoms with Crippen LogP contribution in [-0.4, -0.2) is 36.1 Å². The molecule has 0 unspecified atom stereocenters. The molecule has 0 aliphatic carbocycles. The Morgan fingerprint density at radius 2 is 2.04 bits per heavy atom. The number of aromatic nitrogens is 6. The van der Waals surface area contributed by atoms with Crippen LogP contribution < -0.4 is 11.1 Å². The van der Waals surface area contributed by atoms with E-state index in [1.807, 2.05) is 12.1 Å². The number of hydrogen-bond donors (Lipinski definition) is 3. The van der Waals surface area contributed by atoms with Gasteiger partial charge in [0.2, 0.25) is 0 Å². The van der Waals surface area contributed by atoms with Gasteiger partial charge in [-0.25, -0.2) is 4.98 Å². The van der Waals surface area contributed by atoms with Gasteiger partial charge in [-0.2, -0.15) is 5.10 Å². The number of benzene rings is 1. The molecule has 27 heavy (non-hydrogen) atoms. The standard InChI is InChI=1S/C17H22N8O.ClH/c1-11(2)7-8-25-10-14(21-24-25)17(26)19-13-5-3-12(4-6-13)16-20-15(9-18)22-23-16;/h3-6,10-11H,7-9,18H2,1-2H3,(H,19,26)(H,20,22,23);1H. The molecule has 0 saturated carbocycles. The first kappa shape index (κ1) is 20.5. The maximum atomic E-state index is 12.3. The van der Waals surface area contributed by atoms with Crippen molar-refractivity contribution in [2.24, 2.45) is 11.7 Å². The topological polar surface area (TPSA) is 127 Å². The summed E-state index contributed by atoms with van der Waals surface area (Å²) in [7, 11) is 0. The van der Waals surface area contributed by atoms with Crippen LogP contribution in [0.5, 0.6) is 0 Å². The summed E-state index contributed by atoms with van der Waals surface area (Å²) < 4.78 is 1.69. The first-order chi connectivity index (χ1) is 12.5. The Labute approximate surface area is 163 Å². The van der Waals surface area contributed by atoms with E-state index in [0.717, 1.165) is 18.5 Å². The number of carbonyl (C=O) groups excluding carboxylic acids is 1. The van der Waals surface area contributed by atoms with E-state index in [4.69, 9.17) is 5.73 Å². The van der Waals surface area contributed by atoms with Crippen molar-refractivity contribution in [1.29, 1.82) is 0 Å². The third-order valence-corrected chi connectivity index (χ3v) is 3.83. The number of aromatic amines is 1. The minimum absolute atomic E-state index is 0. The molecule has 3 aromatic rings. The van der Waals surface area contributed by atoms with E-state index in [0.29, 0.717) is 35.5 Å². The summed E-state index contributed by atoms with van der Waals surface area (Å²) in [4.78, 5) is 16.6. The van der Waals surface area contributed by atoms with Gasteiger partial charge in [0.1, 0.15) is 5.82 Å². The van der Waals surface area contributed by atoms with Crippen molar-refractivity contribution in [1.82, 2.24) is 30.2 Å². The summed E-state index contributed by atoms with van der Waals surface area (Å²) >= 11 is 0. The van der Waals surface area contributed by atoms with Crippen LogP contribution in [0.3, 0.4) is 0 Å². The summed E-state index contributed by atoms with van der Waals surface area (Å²) in [6.07, 6.45) is 2.65. The van der Waals surface area contributed by atoms with E-state index < -0.39 is 0 Å². The molecule has 0 fully saturated rings. The number of rotatable bonds is 7. The Morgan fingerprint density at radius 3 is 2.67 bits per heavy atom. The van der Waals surface area contributed by atoms with Crippen LogP contribution in [0.1, 0.15) is 36.6 Å². The molecule has 0 atom stereocenters. The fraction of sp³-hybridized carbons (Fsp3) is 0.353. The van der Waals surface area contributed by atoms with E-state index >= 15 is 0 Å². The van der Waals surface area contributed by atoms with Crippen LogP contribution in [0.15, 0.2) is 30.5 Å². The molecule has 1 aromatic carbocycles. The molecule has 0 aliphatic rings. The fourth-order valence-corrected chi connectivity index (χ4v) is 2.32. The molecule has 3 rings (SSSR count). The Kier molecular flexibility index (Phi) is 7.03. The third-order valence-electron chi connectivity index (χ3n) is 3.83. The van der Waals surface area contributed by atoms with E-state index in [2.05, 4.69) is 44.7 Å². The normalized spacial score (nSPS) is 10.7. The Balaban J connectivity index is 0.00000261. The van der Waals surface area contributed by atoms with Gasteiger partial charge in [-0.3, -0.25) is 14.6 Å². The van der Waals surface area contributed by atoms with Gasteiger partial charge < -0.3 is 11.1 Å². The minimum atomic E-state index is -0.295. The zero-order chi connectivity index (χ0) is 18.5. The lowest BCUT2D eigenvalue weighted by Crippen LogP contribution is -2.12. The number of nitrogens with one attached hydrogen (secondary N) is 2. The van der Waals surface area contributed by atoms with Crippen LogP contribution in [-0.2, 0) is 13.1 Å². The third kappa shape index (κ3) is 5.35. The van der Waals surface area contributed by atoms with Crippen molar-refractivity contribution >= 4 is 24.0 Å². The predicted octanol–water partition coefficient (Wildman–Crippen LogP) is 2.24. The Morgan fingerprint density at radius 1 is 1.30 bits per heavy atom. The molecular formula is C17H23ClN8O. The second-order valence-electron chi connectivity index (χ2n) is 6.39. The van der Waals surface area contributed by atoms with Crippen LogP contribution >= 0.6 is 12.4 Å². The monoisotopic (exact) mass is 390 g/mol. The molecule has 0 aliphatic heterocycles. The van der Waals surface area contributed by atoms with Crippen molar-refractivity contribution in [3.63, 3.8) is 0 Å². The quantitative estimate of drug-likeness (QED) is 0.567. The highest BCUT2D eigenvalue weighted by Gasteiger charge is 2.12. The molecule has 2 aromatic heterocycles. The summed E-state index contributed by atoms with van der Waals surface area (Å²) in [6.45, 7) is 5.33. The number of carbonyl (C=O) groups is 1. The lowest BCUT2D eigenvalue weighted by molar-refractivity contribution is 0.102. The van der Waals surface area contributed by atoms with Crippen molar-refractivity contribution in [2.75, 3.05) is 5.32 Å². The smallest absolute Gasteiger partial charge is 0.277 e. The van der Waals surface area contributed by atoms with Crippen molar-refractivity contribution in [2.45, 2.75) is 33.4 Å². The second kappa shape index (κ2) is 9.24. The van der Waals surface area contributed by atoms with Gasteiger partial charge >= 0.3 is 0 Å². The number of anilines is 1. The number of halogens is 1. The summed E-state index contributed by atoms with van der Waals surface area (Å²) in [5.41, 5.74) is 7.30. The molecule has 144 valence electrons. The number of amides is 1. The molecule has 0 saturated heterocycles. The molecule has 10 heteroatoms. The van der Waals surface area contributed by atoms with Crippen molar-refractivity contribution in [3.8, 4) is 11.4 Å². The number of aryl methyl sites for hydroxylation is 1. The highest BCUT2D eigenvalue weighted by atomic mass is 35.5. The van der Waals surface area contributed by atoms with Gasteiger partial charge in [0.15, 0.2) is 11.5 Å². The second-order valence-corrected chi connectivity index (χ2v) is 6.39. The Hall–Kier alpha value is -2.78.